The number of anilines is 1. The molecule has 0 saturated heterocycles. The summed E-state index contributed by atoms with van der Waals surface area (Å²) in [6.45, 7) is 0. The van der Waals surface area contributed by atoms with E-state index in [4.69, 9.17) is 17.3 Å². The number of nitrogen functional groups attached to an aromatic ring is 1. The van der Waals surface area contributed by atoms with Crippen molar-refractivity contribution in [3.8, 4) is 10.7 Å². The first kappa shape index (κ1) is 14.4. The zero-order valence-corrected chi connectivity index (χ0v) is 13.4. The second kappa shape index (κ2) is 6.47. The number of thiazole rings is 1. The topological polar surface area (TPSA) is 51.8 Å². The summed E-state index contributed by atoms with van der Waals surface area (Å²) in [7, 11) is 0. The van der Waals surface area contributed by atoms with E-state index in [0.29, 0.717) is 10.7 Å². The standard InChI is InChI=1S/C15H12ClN3S2/c16-12-7-11(4-5-13(12)17)20-8-10-9-21-15(19-10)14-3-1-2-6-18-14/h1-7,9H,8,17H2. The first-order valence-corrected chi connectivity index (χ1v) is 8.50. The van der Waals surface area contributed by atoms with E-state index < -0.39 is 0 Å². The second-order valence-electron chi connectivity index (χ2n) is 4.33. The Balaban J connectivity index is 1.69. The smallest absolute Gasteiger partial charge is 0.142 e. The SMILES string of the molecule is Nc1ccc(SCc2csc(-c3ccccn3)n2)cc1Cl. The molecule has 0 radical (unpaired) electrons. The van der Waals surface area contributed by atoms with E-state index >= 15 is 0 Å². The minimum atomic E-state index is 0.590. The highest BCUT2D eigenvalue weighted by molar-refractivity contribution is 7.98. The zero-order valence-electron chi connectivity index (χ0n) is 11.0. The molecule has 3 rings (SSSR count). The van der Waals surface area contributed by atoms with E-state index in [1.54, 1.807) is 29.3 Å². The Kier molecular flexibility index (Phi) is 4.43. The number of nitrogens with two attached hydrogens (primary N) is 1. The molecule has 3 nitrogen and oxygen atoms in total. The fourth-order valence-corrected chi connectivity index (χ4v) is 3.71. The van der Waals surface area contributed by atoms with Crippen LogP contribution in [0.5, 0.6) is 0 Å². The molecule has 0 spiro atoms. The Bertz CT molecular complexity index is 744. The monoisotopic (exact) mass is 333 g/mol. The molecule has 2 aromatic heterocycles. The molecular formula is C15H12ClN3S2. The molecule has 0 unspecified atom stereocenters. The van der Waals surface area contributed by atoms with Crippen LogP contribution < -0.4 is 5.73 Å². The van der Waals surface area contributed by atoms with Crippen molar-refractivity contribution in [2.24, 2.45) is 0 Å². The molecule has 2 N–H and O–H groups in total. The van der Waals surface area contributed by atoms with Gasteiger partial charge in [-0.25, -0.2) is 4.98 Å². The van der Waals surface area contributed by atoms with Crippen LogP contribution in [0.2, 0.25) is 5.02 Å². The van der Waals surface area contributed by atoms with Crippen LogP contribution in [0.4, 0.5) is 5.69 Å². The van der Waals surface area contributed by atoms with Gasteiger partial charge in [0.2, 0.25) is 0 Å². The summed E-state index contributed by atoms with van der Waals surface area (Å²) >= 11 is 9.32. The number of hydrogen-bond acceptors (Lipinski definition) is 5. The lowest BCUT2D eigenvalue weighted by atomic mass is 10.3. The number of hydrogen-bond donors (Lipinski definition) is 1. The van der Waals surface area contributed by atoms with Gasteiger partial charge in [-0.1, -0.05) is 17.7 Å². The van der Waals surface area contributed by atoms with Gasteiger partial charge in [-0.3, -0.25) is 4.98 Å². The molecule has 0 atom stereocenters. The molecule has 0 bridgehead atoms. The minimum absolute atomic E-state index is 0.590. The van der Waals surface area contributed by atoms with Crippen molar-refractivity contribution in [1.29, 1.82) is 0 Å². The van der Waals surface area contributed by atoms with Crippen molar-refractivity contribution in [2.75, 3.05) is 5.73 Å². The van der Waals surface area contributed by atoms with Crippen molar-refractivity contribution < 1.29 is 0 Å². The summed E-state index contributed by atoms with van der Waals surface area (Å²) in [5.41, 5.74) is 8.26. The van der Waals surface area contributed by atoms with Crippen LogP contribution in [0.1, 0.15) is 5.69 Å². The summed E-state index contributed by atoms with van der Waals surface area (Å²) in [5.74, 6) is 0.795. The number of halogens is 1. The second-order valence-corrected chi connectivity index (χ2v) is 6.65. The number of pyridine rings is 1. The fraction of sp³-hybridized carbons (Fsp3) is 0.0667. The lowest BCUT2D eigenvalue weighted by molar-refractivity contribution is 1.21. The highest BCUT2D eigenvalue weighted by Gasteiger charge is 2.06. The third-order valence-electron chi connectivity index (χ3n) is 2.79. The Morgan fingerprint density at radius 1 is 1.24 bits per heavy atom. The summed E-state index contributed by atoms with van der Waals surface area (Å²) in [6.07, 6.45) is 1.78. The third kappa shape index (κ3) is 3.56. The Hall–Kier alpha value is -1.56. The molecule has 106 valence electrons. The Labute approximate surface area is 136 Å². The fourth-order valence-electron chi connectivity index (χ4n) is 1.74. The maximum Gasteiger partial charge on any atom is 0.142 e. The van der Waals surface area contributed by atoms with Crippen LogP contribution in [-0.4, -0.2) is 9.97 Å². The zero-order chi connectivity index (χ0) is 14.7. The molecule has 6 heteroatoms. The van der Waals surface area contributed by atoms with Gasteiger partial charge < -0.3 is 5.73 Å². The van der Waals surface area contributed by atoms with Crippen molar-refractivity contribution in [3.63, 3.8) is 0 Å². The van der Waals surface area contributed by atoms with Gasteiger partial charge in [0.15, 0.2) is 0 Å². The van der Waals surface area contributed by atoms with E-state index in [2.05, 4.69) is 15.3 Å². The van der Waals surface area contributed by atoms with Gasteiger partial charge in [-0.05, 0) is 30.3 Å². The molecule has 0 amide bonds. The molecular weight excluding hydrogens is 322 g/mol. The van der Waals surface area contributed by atoms with Crippen molar-refractivity contribution in [3.05, 3.63) is 58.7 Å². The lowest BCUT2D eigenvalue weighted by Gasteiger charge is -2.02. The molecule has 0 fully saturated rings. The maximum absolute atomic E-state index is 6.02. The first-order valence-electron chi connectivity index (χ1n) is 6.26. The van der Waals surface area contributed by atoms with Crippen LogP contribution >= 0.6 is 34.7 Å². The first-order chi connectivity index (χ1) is 10.2. The highest BCUT2D eigenvalue weighted by Crippen LogP contribution is 2.30. The molecule has 1 aromatic carbocycles. The summed E-state index contributed by atoms with van der Waals surface area (Å²) in [5, 5.41) is 3.60. The summed E-state index contributed by atoms with van der Waals surface area (Å²) in [4.78, 5) is 10.0. The number of benzene rings is 1. The van der Waals surface area contributed by atoms with Crippen LogP contribution in [0.3, 0.4) is 0 Å². The van der Waals surface area contributed by atoms with Crippen molar-refractivity contribution in [2.45, 2.75) is 10.6 Å². The molecule has 21 heavy (non-hydrogen) atoms. The average molecular weight is 334 g/mol. The predicted molar refractivity (Wildman–Crippen MR) is 90.8 cm³/mol. The molecule has 0 aliphatic heterocycles. The van der Waals surface area contributed by atoms with Gasteiger partial charge in [0, 0.05) is 22.2 Å². The normalized spacial score (nSPS) is 10.7. The van der Waals surface area contributed by atoms with Gasteiger partial charge >= 0.3 is 0 Å². The van der Waals surface area contributed by atoms with E-state index in [1.807, 2.05) is 36.4 Å². The number of aromatic nitrogens is 2. The lowest BCUT2D eigenvalue weighted by Crippen LogP contribution is -1.87. The van der Waals surface area contributed by atoms with Gasteiger partial charge in [-0.2, -0.15) is 0 Å². The van der Waals surface area contributed by atoms with Crippen LogP contribution in [0.15, 0.2) is 52.9 Å². The Morgan fingerprint density at radius 3 is 2.90 bits per heavy atom. The third-order valence-corrected chi connectivity index (χ3v) is 5.06. The predicted octanol–water partition coefficient (Wildman–Crippen LogP) is 4.73. The average Bonchev–Trinajstić information content (AvgIpc) is 2.98. The van der Waals surface area contributed by atoms with E-state index in [-0.39, 0.29) is 0 Å². The van der Waals surface area contributed by atoms with Crippen molar-refractivity contribution in [1.82, 2.24) is 9.97 Å². The van der Waals surface area contributed by atoms with Gasteiger partial charge in [-0.15, -0.1) is 23.1 Å². The van der Waals surface area contributed by atoms with E-state index in [1.165, 1.54) is 0 Å². The number of nitrogens with zero attached hydrogens (tertiary/aromatic N) is 2. The molecule has 0 aliphatic rings. The van der Waals surface area contributed by atoms with Crippen LogP contribution in [0.25, 0.3) is 10.7 Å². The number of thioether (sulfide) groups is 1. The van der Waals surface area contributed by atoms with Gasteiger partial charge in [0.05, 0.1) is 22.1 Å². The maximum atomic E-state index is 6.02. The van der Waals surface area contributed by atoms with E-state index in [0.717, 1.165) is 27.0 Å². The highest BCUT2D eigenvalue weighted by atomic mass is 35.5. The largest absolute Gasteiger partial charge is 0.398 e. The molecule has 0 aliphatic carbocycles. The molecule has 3 aromatic rings. The minimum Gasteiger partial charge on any atom is -0.398 e. The Morgan fingerprint density at radius 2 is 2.14 bits per heavy atom. The van der Waals surface area contributed by atoms with Gasteiger partial charge in [0.1, 0.15) is 5.01 Å². The van der Waals surface area contributed by atoms with E-state index in [9.17, 15) is 0 Å². The van der Waals surface area contributed by atoms with Crippen LogP contribution in [0, 0.1) is 0 Å². The van der Waals surface area contributed by atoms with Crippen LogP contribution in [-0.2, 0) is 5.75 Å². The summed E-state index contributed by atoms with van der Waals surface area (Å²) < 4.78 is 0. The quantitative estimate of drug-likeness (QED) is 0.553. The molecule has 0 saturated carbocycles. The van der Waals surface area contributed by atoms with Crippen molar-refractivity contribution >= 4 is 40.4 Å². The molecule has 2 heterocycles. The van der Waals surface area contributed by atoms with Gasteiger partial charge in [0.25, 0.3) is 0 Å². The number of rotatable bonds is 4. The summed E-state index contributed by atoms with van der Waals surface area (Å²) in [6, 6.07) is 11.5.